The fraction of sp³-hybridized carbons (Fsp3) is 0.348. The summed E-state index contributed by atoms with van der Waals surface area (Å²) in [6, 6.07) is 11.5. The van der Waals surface area contributed by atoms with Crippen molar-refractivity contribution in [1.29, 1.82) is 0 Å². The van der Waals surface area contributed by atoms with Crippen molar-refractivity contribution in [2.75, 3.05) is 27.3 Å². The Kier molecular flexibility index (Phi) is 7.12. The molecule has 31 heavy (non-hydrogen) atoms. The first-order chi connectivity index (χ1) is 14.9. The van der Waals surface area contributed by atoms with Crippen molar-refractivity contribution < 1.29 is 28.6 Å². The van der Waals surface area contributed by atoms with Gasteiger partial charge in [0.25, 0.3) is 11.8 Å². The number of likely N-dealkylation sites (tertiary alicyclic amines) is 1. The summed E-state index contributed by atoms with van der Waals surface area (Å²) in [4.78, 5) is 38.3. The highest BCUT2D eigenvalue weighted by Crippen LogP contribution is 2.28. The Morgan fingerprint density at radius 3 is 2.29 bits per heavy atom. The largest absolute Gasteiger partial charge is 0.493 e. The predicted molar refractivity (Wildman–Crippen MR) is 114 cm³/mol. The van der Waals surface area contributed by atoms with Crippen LogP contribution >= 0.6 is 0 Å². The minimum absolute atomic E-state index is 0.0423. The lowest BCUT2D eigenvalue weighted by Crippen LogP contribution is -2.46. The molecule has 2 aromatic carbocycles. The zero-order valence-electron chi connectivity index (χ0n) is 17.8. The van der Waals surface area contributed by atoms with Crippen molar-refractivity contribution >= 4 is 17.8 Å². The van der Waals surface area contributed by atoms with E-state index in [1.54, 1.807) is 48.4 Å². The van der Waals surface area contributed by atoms with Gasteiger partial charge in [0.1, 0.15) is 5.75 Å². The molecule has 1 fully saturated rings. The second kappa shape index (κ2) is 9.97. The number of rotatable bonds is 6. The van der Waals surface area contributed by atoms with Crippen LogP contribution in [0.15, 0.2) is 42.5 Å². The Labute approximate surface area is 181 Å². The average molecular weight is 426 g/mol. The molecule has 1 aliphatic rings. The normalized spacial score (nSPS) is 14.0. The van der Waals surface area contributed by atoms with Gasteiger partial charge in [0.2, 0.25) is 0 Å². The third-order valence-electron chi connectivity index (χ3n) is 5.11. The molecule has 0 spiro atoms. The zero-order chi connectivity index (χ0) is 22.4. The zero-order valence-corrected chi connectivity index (χ0v) is 17.8. The lowest BCUT2D eigenvalue weighted by molar-refractivity contribution is -0.131. The number of piperidine rings is 1. The molecule has 0 aliphatic carbocycles. The van der Waals surface area contributed by atoms with E-state index in [0.717, 1.165) is 0 Å². The van der Waals surface area contributed by atoms with Crippen LogP contribution in [0.2, 0.25) is 0 Å². The number of esters is 1. The molecule has 8 heteroatoms. The molecule has 2 amide bonds. The summed E-state index contributed by atoms with van der Waals surface area (Å²) >= 11 is 0. The molecule has 0 atom stereocenters. The number of ether oxygens (including phenoxy) is 3. The van der Waals surface area contributed by atoms with Crippen LogP contribution in [0.4, 0.5) is 0 Å². The molecule has 0 unspecified atom stereocenters. The van der Waals surface area contributed by atoms with Gasteiger partial charge in [0, 0.05) is 37.2 Å². The van der Waals surface area contributed by atoms with E-state index in [1.807, 2.05) is 0 Å². The molecule has 2 aromatic rings. The molecule has 0 aromatic heterocycles. The molecule has 0 radical (unpaired) electrons. The number of nitrogens with zero attached hydrogens (tertiary/aromatic N) is 1. The minimum atomic E-state index is -0.441. The van der Waals surface area contributed by atoms with Crippen molar-refractivity contribution in [2.45, 2.75) is 25.8 Å². The number of carbonyl (C=O) groups excluding carboxylic acids is 3. The van der Waals surface area contributed by atoms with Gasteiger partial charge in [-0.25, -0.2) is 0 Å². The molecule has 3 rings (SSSR count). The lowest BCUT2D eigenvalue weighted by atomic mass is 10.0. The number of methoxy groups -OCH3 is 2. The molecule has 0 bridgehead atoms. The van der Waals surface area contributed by atoms with Crippen LogP contribution in [0.25, 0.3) is 0 Å². The molecule has 0 saturated carbocycles. The minimum Gasteiger partial charge on any atom is -0.493 e. The van der Waals surface area contributed by atoms with Gasteiger partial charge in [-0.3, -0.25) is 14.4 Å². The summed E-state index contributed by atoms with van der Waals surface area (Å²) in [6.45, 7) is 2.38. The maximum atomic E-state index is 12.8. The van der Waals surface area contributed by atoms with E-state index in [2.05, 4.69) is 5.32 Å². The highest BCUT2D eigenvalue weighted by Gasteiger charge is 2.25. The summed E-state index contributed by atoms with van der Waals surface area (Å²) in [7, 11) is 3.08. The van der Waals surface area contributed by atoms with Crippen molar-refractivity contribution in [3.8, 4) is 17.2 Å². The third kappa shape index (κ3) is 5.53. The Balaban J connectivity index is 1.56. The van der Waals surface area contributed by atoms with Crippen LogP contribution in [-0.2, 0) is 4.79 Å². The standard InChI is InChI=1S/C23H26N2O6/c1-15(26)31-19-6-4-5-16(13-19)22(27)24-18-9-11-25(12-10-18)23(28)17-7-8-20(29-2)21(14-17)30-3/h4-8,13-14,18H,9-12H2,1-3H3,(H,24,27). The van der Waals surface area contributed by atoms with E-state index < -0.39 is 5.97 Å². The molecule has 8 nitrogen and oxygen atoms in total. The van der Waals surface area contributed by atoms with Crippen molar-refractivity contribution in [2.24, 2.45) is 0 Å². The van der Waals surface area contributed by atoms with Gasteiger partial charge in [-0.1, -0.05) is 6.07 Å². The average Bonchev–Trinajstić information content (AvgIpc) is 2.78. The van der Waals surface area contributed by atoms with Crippen molar-refractivity contribution in [3.05, 3.63) is 53.6 Å². The maximum Gasteiger partial charge on any atom is 0.308 e. The highest BCUT2D eigenvalue weighted by molar-refractivity contribution is 5.96. The second-order valence-corrected chi connectivity index (χ2v) is 7.23. The highest BCUT2D eigenvalue weighted by atomic mass is 16.5. The van der Waals surface area contributed by atoms with Gasteiger partial charge in [-0.2, -0.15) is 0 Å². The smallest absolute Gasteiger partial charge is 0.308 e. The van der Waals surface area contributed by atoms with Crippen molar-refractivity contribution in [1.82, 2.24) is 10.2 Å². The van der Waals surface area contributed by atoms with E-state index in [0.29, 0.717) is 54.3 Å². The summed E-state index contributed by atoms with van der Waals surface area (Å²) in [5, 5.41) is 2.99. The molecule has 1 aliphatic heterocycles. The van der Waals surface area contributed by atoms with Gasteiger partial charge in [-0.15, -0.1) is 0 Å². The maximum absolute atomic E-state index is 12.8. The third-order valence-corrected chi connectivity index (χ3v) is 5.11. The van der Waals surface area contributed by atoms with Crippen molar-refractivity contribution in [3.63, 3.8) is 0 Å². The molecule has 164 valence electrons. The fourth-order valence-corrected chi connectivity index (χ4v) is 3.51. The number of nitrogens with one attached hydrogen (secondary N) is 1. The van der Waals surface area contributed by atoms with Crippen LogP contribution in [0.1, 0.15) is 40.5 Å². The topological polar surface area (TPSA) is 94.2 Å². The monoisotopic (exact) mass is 426 g/mol. The first-order valence-electron chi connectivity index (χ1n) is 10.0. The summed E-state index contributed by atoms with van der Waals surface area (Å²) in [5.41, 5.74) is 0.949. The Hall–Kier alpha value is -3.55. The molecule has 1 N–H and O–H groups in total. The SMILES string of the molecule is COc1ccc(C(=O)N2CCC(NC(=O)c3cccc(OC(C)=O)c3)CC2)cc1OC. The van der Waals surface area contributed by atoms with Gasteiger partial charge in [0.05, 0.1) is 14.2 Å². The van der Waals surface area contributed by atoms with Gasteiger partial charge >= 0.3 is 5.97 Å². The van der Waals surface area contributed by atoms with Crippen LogP contribution in [-0.4, -0.2) is 56.0 Å². The molecule has 1 saturated heterocycles. The van der Waals surface area contributed by atoms with Crippen LogP contribution in [0.3, 0.4) is 0 Å². The van der Waals surface area contributed by atoms with Crippen LogP contribution in [0.5, 0.6) is 17.2 Å². The van der Waals surface area contributed by atoms with E-state index >= 15 is 0 Å². The molecule has 1 heterocycles. The summed E-state index contributed by atoms with van der Waals surface area (Å²) < 4.78 is 15.5. The Morgan fingerprint density at radius 1 is 0.935 bits per heavy atom. The van der Waals surface area contributed by atoms with Gasteiger partial charge < -0.3 is 24.4 Å². The predicted octanol–water partition coefficient (Wildman–Crippen LogP) is 2.66. The number of carbonyl (C=O) groups is 3. The second-order valence-electron chi connectivity index (χ2n) is 7.23. The van der Waals surface area contributed by atoms with Crippen LogP contribution < -0.4 is 19.5 Å². The van der Waals surface area contributed by atoms with E-state index in [1.165, 1.54) is 20.1 Å². The first-order valence-corrected chi connectivity index (χ1v) is 10.0. The fourth-order valence-electron chi connectivity index (χ4n) is 3.51. The number of hydrogen-bond acceptors (Lipinski definition) is 6. The summed E-state index contributed by atoms with van der Waals surface area (Å²) in [6.07, 6.45) is 1.29. The van der Waals surface area contributed by atoms with Gasteiger partial charge in [-0.05, 0) is 49.2 Å². The molecular formula is C23H26N2O6. The lowest BCUT2D eigenvalue weighted by Gasteiger charge is -2.32. The number of amides is 2. The van der Waals surface area contributed by atoms with Gasteiger partial charge in [0.15, 0.2) is 11.5 Å². The van der Waals surface area contributed by atoms with Crippen LogP contribution in [0, 0.1) is 0 Å². The number of benzene rings is 2. The van der Waals surface area contributed by atoms with E-state index in [9.17, 15) is 14.4 Å². The quantitative estimate of drug-likeness (QED) is 0.564. The summed E-state index contributed by atoms with van der Waals surface area (Å²) in [5.74, 6) is 0.641. The van der Waals surface area contributed by atoms with E-state index in [-0.39, 0.29) is 17.9 Å². The Bertz CT molecular complexity index is 966. The van der Waals surface area contributed by atoms with E-state index in [4.69, 9.17) is 14.2 Å². The first kappa shape index (κ1) is 22.1. The Morgan fingerprint density at radius 2 is 1.65 bits per heavy atom. The molecular weight excluding hydrogens is 400 g/mol. The number of hydrogen-bond donors (Lipinski definition) is 1.